The predicted molar refractivity (Wildman–Crippen MR) is 89.2 cm³/mol. The first-order chi connectivity index (χ1) is 12.4. The van der Waals surface area contributed by atoms with Gasteiger partial charge >= 0.3 is 0 Å². The fourth-order valence-electron chi connectivity index (χ4n) is 2.65. The molecule has 0 saturated carbocycles. The van der Waals surface area contributed by atoms with Crippen molar-refractivity contribution < 1.29 is 23.2 Å². The van der Waals surface area contributed by atoms with Crippen LogP contribution in [-0.4, -0.2) is 17.4 Å². The molecule has 2 aromatic carbocycles. The molecule has 0 radical (unpaired) electrons. The van der Waals surface area contributed by atoms with Crippen LogP contribution in [0.5, 0.6) is 5.75 Å². The number of anilines is 1. The van der Waals surface area contributed by atoms with Crippen LogP contribution in [0.4, 0.5) is 20.2 Å². The summed E-state index contributed by atoms with van der Waals surface area (Å²) in [4.78, 5) is 25.6. The van der Waals surface area contributed by atoms with Gasteiger partial charge in [-0.05, 0) is 23.9 Å². The van der Waals surface area contributed by atoms with Crippen molar-refractivity contribution >= 4 is 29.1 Å². The maximum absolute atomic E-state index is 13.3. The predicted octanol–water partition coefficient (Wildman–Crippen LogP) is 3.69. The summed E-state index contributed by atoms with van der Waals surface area (Å²) < 4.78 is 31.8. The highest BCUT2D eigenvalue weighted by Gasteiger charge is 2.29. The first-order valence-electron chi connectivity index (χ1n) is 7.48. The minimum absolute atomic E-state index is 0.00279. The van der Waals surface area contributed by atoms with Gasteiger partial charge in [-0.2, -0.15) is 0 Å². The fraction of sp³-hybridized carbons (Fsp3) is 0.188. The van der Waals surface area contributed by atoms with Gasteiger partial charge in [0, 0.05) is 35.9 Å². The van der Waals surface area contributed by atoms with Crippen molar-refractivity contribution in [3.05, 3.63) is 63.2 Å². The Morgan fingerprint density at radius 3 is 2.69 bits per heavy atom. The standard InChI is InChI=1S/C16H12ClF2N3O4/c17-21-14-3-4-26-15-10(14)6-9(22(24)25)7-11(15)16(23)20-8-1-2-12(18)13(19)5-8/h1-2,5-7,14,21H,3-4H2,(H,20,23)/t14-/m0/s1. The molecule has 2 aromatic rings. The lowest BCUT2D eigenvalue weighted by Crippen LogP contribution is -2.24. The summed E-state index contributed by atoms with van der Waals surface area (Å²) in [5.41, 5.74) is -0.0509. The van der Waals surface area contributed by atoms with E-state index in [-0.39, 0.29) is 29.3 Å². The summed E-state index contributed by atoms with van der Waals surface area (Å²) in [5.74, 6) is -2.80. The molecule has 1 aliphatic rings. The molecule has 0 fully saturated rings. The maximum atomic E-state index is 13.3. The Labute approximate surface area is 151 Å². The maximum Gasteiger partial charge on any atom is 0.270 e. The number of ether oxygens (including phenoxy) is 1. The number of nitro groups is 1. The van der Waals surface area contributed by atoms with Crippen molar-refractivity contribution in [2.45, 2.75) is 12.5 Å². The molecule has 26 heavy (non-hydrogen) atoms. The monoisotopic (exact) mass is 383 g/mol. The highest BCUT2D eigenvalue weighted by atomic mass is 35.5. The minimum atomic E-state index is -1.13. The molecule has 1 atom stereocenters. The number of hydrogen-bond donors (Lipinski definition) is 2. The van der Waals surface area contributed by atoms with Gasteiger partial charge in [-0.1, -0.05) is 0 Å². The van der Waals surface area contributed by atoms with Crippen molar-refractivity contribution in [3.63, 3.8) is 0 Å². The lowest BCUT2D eigenvalue weighted by atomic mass is 9.97. The molecule has 10 heteroatoms. The number of benzene rings is 2. The highest BCUT2D eigenvalue weighted by Crippen LogP contribution is 2.38. The van der Waals surface area contributed by atoms with E-state index in [1.54, 1.807) is 0 Å². The van der Waals surface area contributed by atoms with Gasteiger partial charge in [0.1, 0.15) is 5.75 Å². The number of rotatable bonds is 4. The number of non-ortho nitro benzene ring substituents is 1. The van der Waals surface area contributed by atoms with Gasteiger partial charge in [0.15, 0.2) is 11.6 Å². The second-order valence-electron chi connectivity index (χ2n) is 5.55. The van der Waals surface area contributed by atoms with Gasteiger partial charge < -0.3 is 10.1 Å². The van der Waals surface area contributed by atoms with Crippen LogP contribution in [-0.2, 0) is 0 Å². The molecule has 7 nitrogen and oxygen atoms in total. The van der Waals surface area contributed by atoms with E-state index in [2.05, 4.69) is 10.2 Å². The van der Waals surface area contributed by atoms with Crippen molar-refractivity contribution in [2.75, 3.05) is 11.9 Å². The third-order valence-electron chi connectivity index (χ3n) is 3.90. The quantitative estimate of drug-likeness (QED) is 0.477. The lowest BCUT2D eigenvalue weighted by Gasteiger charge is -2.26. The molecule has 1 amide bonds. The number of carbonyl (C=O) groups is 1. The zero-order valence-electron chi connectivity index (χ0n) is 13.1. The number of fused-ring (bicyclic) bond motifs is 1. The van der Waals surface area contributed by atoms with Crippen LogP contribution in [0, 0.1) is 21.7 Å². The number of nitrogens with one attached hydrogen (secondary N) is 2. The normalized spacial score (nSPS) is 15.7. The Kier molecular flexibility index (Phi) is 5.01. The van der Waals surface area contributed by atoms with Gasteiger partial charge in [-0.3, -0.25) is 14.9 Å². The third kappa shape index (κ3) is 3.44. The van der Waals surface area contributed by atoms with Crippen molar-refractivity contribution in [1.82, 2.24) is 4.84 Å². The van der Waals surface area contributed by atoms with Crippen LogP contribution in [0.15, 0.2) is 30.3 Å². The fourth-order valence-corrected chi connectivity index (χ4v) is 2.88. The van der Waals surface area contributed by atoms with Gasteiger partial charge in [0.2, 0.25) is 0 Å². The van der Waals surface area contributed by atoms with Gasteiger partial charge in [0.25, 0.3) is 11.6 Å². The average molecular weight is 384 g/mol. The van der Waals surface area contributed by atoms with Crippen LogP contribution in [0.1, 0.15) is 28.4 Å². The Morgan fingerprint density at radius 2 is 2.04 bits per heavy atom. The number of nitro benzene ring substituents is 1. The van der Waals surface area contributed by atoms with E-state index < -0.39 is 28.5 Å². The van der Waals surface area contributed by atoms with E-state index in [0.717, 1.165) is 18.2 Å². The molecule has 0 aliphatic carbocycles. The first kappa shape index (κ1) is 18.0. The summed E-state index contributed by atoms with van der Waals surface area (Å²) in [6, 6.07) is 4.74. The molecule has 0 saturated heterocycles. The molecule has 0 aromatic heterocycles. The Morgan fingerprint density at radius 1 is 1.27 bits per heavy atom. The third-order valence-corrected chi connectivity index (χ3v) is 4.16. The molecule has 1 heterocycles. The number of hydrogen-bond acceptors (Lipinski definition) is 5. The molecular weight excluding hydrogens is 372 g/mol. The van der Waals surface area contributed by atoms with Crippen LogP contribution >= 0.6 is 11.8 Å². The number of amides is 1. The molecule has 0 spiro atoms. The Hall–Kier alpha value is -2.78. The van der Waals surface area contributed by atoms with Gasteiger partial charge in [-0.25, -0.2) is 13.6 Å². The number of nitrogens with zero attached hydrogens (tertiary/aromatic N) is 1. The summed E-state index contributed by atoms with van der Waals surface area (Å²) in [6.45, 7) is 0.251. The Balaban J connectivity index is 2.02. The van der Waals surface area contributed by atoms with E-state index in [4.69, 9.17) is 16.5 Å². The van der Waals surface area contributed by atoms with E-state index >= 15 is 0 Å². The van der Waals surface area contributed by atoms with E-state index in [0.29, 0.717) is 12.0 Å². The SMILES string of the molecule is O=C(Nc1ccc(F)c(F)c1)c1cc([N+](=O)[O-])cc2c1OCC[C@@H]2NCl. The Bertz CT molecular complexity index is 894. The van der Waals surface area contributed by atoms with Crippen molar-refractivity contribution in [1.29, 1.82) is 0 Å². The molecule has 3 rings (SSSR count). The van der Waals surface area contributed by atoms with Gasteiger partial charge in [-0.15, -0.1) is 0 Å². The molecule has 1 aliphatic heterocycles. The second-order valence-corrected chi connectivity index (χ2v) is 5.77. The zero-order valence-corrected chi connectivity index (χ0v) is 13.8. The molecule has 2 N–H and O–H groups in total. The van der Waals surface area contributed by atoms with Crippen LogP contribution in [0.25, 0.3) is 0 Å². The summed E-state index contributed by atoms with van der Waals surface area (Å²) in [6.07, 6.45) is 0.460. The lowest BCUT2D eigenvalue weighted by molar-refractivity contribution is -0.385. The first-order valence-corrected chi connectivity index (χ1v) is 7.86. The number of halogens is 3. The molecule has 136 valence electrons. The zero-order chi connectivity index (χ0) is 18.8. The van der Waals surface area contributed by atoms with Crippen LogP contribution in [0.2, 0.25) is 0 Å². The van der Waals surface area contributed by atoms with Crippen LogP contribution < -0.4 is 14.9 Å². The molecule has 0 bridgehead atoms. The summed E-state index contributed by atoms with van der Waals surface area (Å²) >= 11 is 5.68. The molecule has 0 unspecified atom stereocenters. The minimum Gasteiger partial charge on any atom is -0.492 e. The van der Waals surface area contributed by atoms with E-state index in [9.17, 15) is 23.7 Å². The van der Waals surface area contributed by atoms with Crippen molar-refractivity contribution in [2.24, 2.45) is 0 Å². The average Bonchev–Trinajstić information content (AvgIpc) is 2.63. The topological polar surface area (TPSA) is 93.5 Å². The number of carbonyl (C=O) groups excluding carboxylic acids is 1. The van der Waals surface area contributed by atoms with Crippen molar-refractivity contribution in [3.8, 4) is 5.75 Å². The smallest absolute Gasteiger partial charge is 0.270 e. The highest BCUT2D eigenvalue weighted by molar-refractivity contribution is 6.13. The summed E-state index contributed by atoms with van der Waals surface area (Å²) in [7, 11) is 0. The van der Waals surface area contributed by atoms with Crippen LogP contribution in [0.3, 0.4) is 0 Å². The van der Waals surface area contributed by atoms with E-state index in [1.165, 1.54) is 12.1 Å². The molecular formula is C16H12ClF2N3O4. The van der Waals surface area contributed by atoms with Gasteiger partial charge in [0.05, 0.1) is 23.1 Å². The van der Waals surface area contributed by atoms with E-state index in [1.807, 2.05) is 0 Å². The largest absolute Gasteiger partial charge is 0.492 e. The summed E-state index contributed by atoms with van der Waals surface area (Å²) in [5, 5.41) is 13.6. The second kappa shape index (κ2) is 7.22.